The van der Waals surface area contributed by atoms with E-state index in [-0.39, 0.29) is 23.4 Å². The summed E-state index contributed by atoms with van der Waals surface area (Å²) in [7, 11) is 3.98. The average molecular weight is 492 g/mol. The Morgan fingerprint density at radius 1 is 1.34 bits per heavy atom. The van der Waals surface area contributed by atoms with Crippen molar-refractivity contribution >= 4 is 11.6 Å². The van der Waals surface area contributed by atoms with Gasteiger partial charge in [0.05, 0.1) is 18.0 Å². The van der Waals surface area contributed by atoms with Crippen molar-refractivity contribution < 1.29 is 18.0 Å². The lowest BCUT2D eigenvalue weighted by Crippen LogP contribution is -2.61. The minimum Gasteiger partial charge on any atom is -0.380 e. The van der Waals surface area contributed by atoms with Gasteiger partial charge >= 0.3 is 6.18 Å². The Labute approximate surface area is 203 Å². The lowest BCUT2D eigenvalue weighted by atomic mass is 9.80. The molecular formula is C24H32F3N7O. The molecule has 35 heavy (non-hydrogen) atoms. The fraction of sp³-hybridized carbons (Fsp3) is 0.542. The second-order valence-electron chi connectivity index (χ2n) is 9.42. The summed E-state index contributed by atoms with van der Waals surface area (Å²) in [5.74, 6) is -0.515. The number of alkyl halides is 3. The maximum Gasteiger partial charge on any atom is 0.435 e. The van der Waals surface area contributed by atoms with Crippen LogP contribution in [0.3, 0.4) is 0 Å². The van der Waals surface area contributed by atoms with Gasteiger partial charge in [-0.3, -0.25) is 9.89 Å². The number of dihydropyridines is 1. The van der Waals surface area contributed by atoms with Crippen LogP contribution < -0.4 is 10.7 Å². The topological polar surface area (TPSA) is 88.7 Å². The molecule has 3 aliphatic rings. The number of rotatable bonds is 8. The number of hydrogen-bond donors (Lipinski definition) is 3. The van der Waals surface area contributed by atoms with Crippen LogP contribution >= 0.6 is 0 Å². The van der Waals surface area contributed by atoms with Crippen molar-refractivity contribution in [2.45, 2.75) is 50.5 Å². The third-order valence-electron chi connectivity index (χ3n) is 6.91. The molecule has 3 N–H and O–H groups in total. The average Bonchev–Trinajstić information content (AvgIpc) is 3.43. The van der Waals surface area contributed by atoms with Gasteiger partial charge in [-0.2, -0.15) is 23.4 Å². The number of aromatic amines is 1. The Bertz CT molecular complexity index is 1050. The van der Waals surface area contributed by atoms with Gasteiger partial charge < -0.3 is 20.5 Å². The van der Waals surface area contributed by atoms with Crippen molar-refractivity contribution in [1.29, 1.82) is 0 Å². The normalized spacial score (nSPS) is 24.8. The summed E-state index contributed by atoms with van der Waals surface area (Å²) >= 11 is 0. The summed E-state index contributed by atoms with van der Waals surface area (Å²) in [5.41, 5.74) is 4.27. The highest BCUT2D eigenvalue weighted by Gasteiger charge is 2.44. The minimum absolute atomic E-state index is 0.0342. The van der Waals surface area contributed by atoms with Gasteiger partial charge in [-0.25, -0.2) is 0 Å². The van der Waals surface area contributed by atoms with Crippen LogP contribution in [-0.2, 0) is 11.0 Å². The third kappa shape index (κ3) is 4.86. The zero-order valence-corrected chi connectivity index (χ0v) is 20.2. The van der Waals surface area contributed by atoms with Gasteiger partial charge in [0.15, 0.2) is 5.69 Å². The quantitative estimate of drug-likeness (QED) is 0.487. The highest BCUT2D eigenvalue weighted by Crippen LogP contribution is 2.39. The minimum atomic E-state index is -4.56. The van der Waals surface area contributed by atoms with Crippen LogP contribution in [0.25, 0.3) is 0 Å². The Kier molecular flexibility index (Phi) is 7.07. The van der Waals surface area contributed by atoms with Crippen molar-refractivity contribution in [1.82, 2.24) is 30.7 Å². The molecule has 4 heterocycles. The molecule has 1 aromatic heterocycles. The van der Waals surface area contributed by atoms with Crippen LogP contribution in [-0.4, -0.2) is 70.9 Å². The summed E-state index contributed by atoms with van der Waals surface area (Å²) in [6.45, 7) is 7.23. The number of H-pyrrole nitrogens is 1. The van der Waals surface area contributed by atoms with E-state index in [4.69, 9.17) is 0 Å². The van der Waals surface area contributed by atoms with Crippen molar-refractivity contribution in [3.8, 4) is 0 Å². The van der Waals surface area contributed by atoms with Gasteiger partial charge in [0.2, 0.25) is 0 Å². The Hall–Kier alpha value is -3.08. The molecule has 0 spiro atoms. The molecule has 1 fully saturated rings. The number of hydrogen-bond acceptors (Lipinski definition) is 6. The molecule has 8 nitrogen and oxygen atoms in total. The highest BCUT2D eigenvalue weighted by molar-refractivity contribution is 6.41. The number of amides is 1. The molecule has 11 heteroatoms. The molecule has 0 aromatic carbocycles. The summed E-state index contributed by atoms with van der Waals surface area (Å²) in [6.07, 6.45) is 4.45. The van der Waals surface area contributed by atoms with Gasteiger partial charge in [-0.1, -0.05) is 25.5 Å². The number of likely N-dealkylation sites (N-methyl/N-ethyl adjacent to an activating group) is 1. The van der Waals surface area contributed by atoms with Gasteiger partial charge in [0, 0.05) is 37.1 Å². The summed E-state index contributed by atoms with van der Waals surface area (Å²) in [6, 6.07) is -0.671. The number of aromatic nitrogens is 2. The molecular weight excluding hydrogens is 459 g/mol. The van der Waals surface area contributed by atoms with E-state index < -0.39 is 17.9 Å². The number of halogens is 3. The standard InChI is InChI=1S/C24H32F3N7O/c1-5-7-8-14-9-19(17-11-29-32-22(17)24(25,26)27)28-10-16(14)20-18(6-2)30-31-21(20)23(35)34-12-15(13-34)33(3)4/h6,9-11,15,18-20,28,30H,2,5,7-8,12-13H2,1,3-4H3,(H,29,32). The maximum absolute atomic E-state index is 13.5. The van der Waals surface area contributed by atoms with Crippen LogP contribution in [0.5, 0.6) is 0 Å². The van der Waals surface area contributed by atoms with Crippen molar-refractivity contribution in [3.05, 3.63) is 53.5 Å². The molecule has 3 unspecified atom stereocenters. The zero-order chi connectivity index (χ0) is 25.3. The second kappa shape index (κ2) is 9.88. The Morgan fingerprint density at radius 2 is 2.09 bits per heavy atom. The van der Waals surface area contributed by atoms with E-state index in [1.54, 1.807) is 17.2 Å². The van der Waals surface area contributed by atoms with Crippen LogP contribution in [0.2, 0.25) is 0 Å². The predicted octanol–water partition coefficient (Wildman–Crippen LogP) is 2.98. The van der Waals surface area contributed by atoms with E-state index in [2.05, 4.69) is 44.4 Å². The molecule has 0 radical (unpaired) electrons. The monoisotopic (exact) mass is 491 g/mol. The van der Waals surface area contributed by atoms with Gasteiger partial charge in [0.1, 0.15) is 5.71 Å². The smallest absolute Gasteiger partial charge is 0.380 e. The van der Waals surface area contributed by atoms with E-state index >= 15 is 0 Å². The van der Waals surface area contributed by atoms with Gasteiger partial charge in [-0.15, -0.1) is 6.58 Å². The number of hydrazone groups is 1. The Balaban J connectivity index is 1.62. The molecule has 190 valence electrons. The van der Waals surface area contributed by atoms with Gasteiger partial charge in [0.25, 0.3) is 5.91 Å². The van der Waals surface area contributed by atoms with Crippen LogP contribution in [0.1, 0.15) is 43.5 Å². The lowest BCUT2D eigenvalue weighted by molar-refractivity contribution is -0.142. The second-order valence-corrected chi connectivity index (χ2v) is 9.42. The number of carbonyl (C=O) groups is 1. The first kappa shape index (κ1) is 25.0. The van der Waals surface area contributed by atoms with Gasteiger partial charge in [-0.05, 0) is 38.1 Å². The molecule has 1 saturated heterocycles. The Morgan fingerprint density at radius 3 is 2.71 bits per heavy atom. The molecule has 3 atom stereocenters. The van der Waals surface area contributed by atoms with E-state index in [1.807, 2.05) is 20.2 Å². The molecule has 0 bridgehead atoms. The van der Waals surface area contributed by atoms with Crippen molar-refractivity contribution in [2.75, 3.05) is 27.2 Å². The first-order valence-electron chi connectivity index (χ1n) is 11.8. The molecule has 0 saturated carbocycles. The summed E-state index contributed by atoms with van der Waals surface area (Å²) in [5, 5.41) is 13.3. The number of allylic oxidation sites excluding steroid dienone is 1. The maximum atomic E-state index is 13.5. The number of unbranched alkanes of at least 4 members (excludes halogenated alkanes) is 1. The summed E-state index contributed by atoms with van der Waals surface area (Å²) < 4.78 is 40.4. The number of likely N-dealkylation sites (tertiary alicyclic amines) is 1. The molecule has 1 amide bonds. The molecule has 0 aliphatic carbocycles. The summed E-state index contributed by atoms with van der Waals surface area (Å²) in [4.78, 5) is 17.2. The van der Waals surface area contributed by atoms with E-state index in [9.17, 15) is 18.0 Å². The molecule has 3 aliphatic heterocycles. The highest BCUT2D eigenvalue weighted by atomic mass is 19.4. The van der Waals surface area contributed by atoms with Crippen LogP contribution in [0.4, 0.5) is 13.2 Å². The first-order chi connectivity index (χ1) is 16.7. The van der Waals surface area contributed by atoms with Crippen molar-refractivity contribution in [3.63, 3.8) is 0 Å². The lowest BCUT2D eigenvalue weighted by Gasteiger charge is -2.43. The predicted molar refractivity (Wildman–Crippen MR) is 127 cm³/mol. The molecule has 1 aromatic rings. The van der Waals surface area contributed by atoms with Crippen LogP contribution in [0, 0.1) is 5.92 Å². The first-order valence-corrected chi connectivity index (χ1v) is 11.8. The fourth-order valence-electron chi connectivity index (χ4n) is 4.72. The largest absolute Gasteiger partial charge is 0.435 e. The number of carbonyl (C=O) groups excluding carboxylic acids is 1. The SMILES string of the molecule is C=CC1NN=C(C(=O)N2CC(N(C)C)C2)C1C1=CNC(c2c[nH]nc2C(F)(F)F)C=C1CCCC. The van der Waals surface area contributed by atoms with Crippen LogP contribution in [0.15, 0.2) is 47.4 Å². The number of nitrogens with zero attached hydrogens (tertiary/aromatic N) is 4. The van der Waals surface area contributed by atoms with E-state index in [1.165, 1.54) is 6.20 Å². The zero-order valence-electron chi connectivity index (χ0n) is 20.2. The van der Waals surface area contributed by atoms with E-state index in [0.29, 0.717) is 31.3 Å². The van der Waals surface area contributed by atoms with Crippen molar-refractivity contribution in [2.24, 2.45) is 11.0 Å². The third-order valence-corrected chi connectivity index (χ3v) is 6.91. The van der Waals surface area contributed by atoms with E-state index in [0.717, 1.165) is 24.0 Å². The molecule has 4 rings (SSSR count). The fourth-order valence-corrected chi connectivity index (χ4v) is 4.72. The number of nitrogens with one attached hydrogen (secondary N) is 3.